The molecule has 0 radical (unpaired) electrons. The summed E-state index contributed by atoms with van der Waals surface area (Å²) in [5.74, 6) is 0.714. The first kappa shape index (κ1) is 11.4. The second-order valence-corrected chi connectivity index (χ2v) is 4.22. The van der Waals surface area contributed by atoms with E-state index in [1.54, 1.807) is 12.1 Å². The van der Waals surface area contributed by atoms with Gasteiger partial charge in [0.15, 0.2) is 0 Å². The van der Waals surface area contributed by atoms with Crippen molar-refractivity contribution in [1.82, 2.24) is 9.97 Å². The van der Waals surface area contributed by atoms with E-state index in [-0.39, 0.29) is 0 Å². The molecule has 3 aromatic rings. The summed E-state index contributed by atoms with van der Waals surface area (Å²) in [6, 6.07) is 15.0. The van der Waals surface area contributed by atoms with Gasteiger partial charge in [-0.05, 0) is 35.0 Å². The predicted octanol–water partition coefficient (Wildman–Crippen LogP) is 3.57. The number of nitrogens with zero attached hydrogens (tertiary/aromatic N) is 2. The van der Waals surface area contributed by atoms with E-state index in [1.165, 1.54) is 0 Å². The number of H-pyrrole nitrogens is 1. The van der Waals surface area contributed by atoms with Gasteiger partial charge >= 0.3 is 0 Å². The molecule has 5 nitrogen and oxygen atoms in total. The van der Waals surface area contributed by atoms with Crippen LogP contribution in [0, 0.1) is 4.91 Å². The minimum atomic E-state index is 0.434. The third-order valence-corrected chi connectivity index (χ3v) is 2.87. The van der Waals surface area contributed by atoms with E-state index in [1.807, 2.05) is 36.4 Å². The summed E-state index contributed by atoms with van der Waals surface area (Å²) in [6.07, 6.45) is 0. The van der Waals surface area contributed by atoms with Crippen LogP contribution in [-0.2, 0) is 6.54 Å². The SMILES string of the molecule is O=Nc1cccc(CNc2nc3ccccc3[nH]2)c1. The standard InChI is InChI=1S/C14H12N4O/c19-18-11-5-3-4-10(8-11)9-15-14-16-12-6-1-2-7-13(12)17-14/h1-8H,9H2,(H2,15,16,17). The highest BCUT2D eigenvalue weighted by atomic mass is 16.3. The van der Waals surface area contributed by atoms with Crippen LogP contribution in [0.15, 0.2) is 53.7 Å². The maximum absolute atomic E-state index is 10.5. The van der Waals surface area contributed by atoms with Crippen molar-refractivity contribution in [3.63, 3.8) is 0 Å². The fraction of sp³-hybridized carbons (Fsp3) is 0.0714. The molecule has 0 bridgehead atoms. The topological polar surface area (TPSA) is 70.1 Å². The van der Waals surface area contributed by atoms with Gasteiger partial charge in [0, 0.05) is 6.54 Å². The number of rotatable bonds is 4. The van der Waals surface area contributed by atoms with E-state index >= 15 is 0 Å². The summed E-state index contributed by atoms with van der Waals surface area (Å²) in [4.78, 5) is 18.1. The lowest BCUT2D eigenvalue weighted by molar-refractivity contribution is 1.10. The van der Waals surface area contributed by atoms with Crippen molar-refractivity contribution < 1.29 is 0 Å². The Bertz CT molecular complexity index is 687. The number of nitrogens with one attached hydrogen (secondary N) is 2. The summed E-state index contributed by atoms with van der Waals surface area (Å²) in [5, 5.41) is 6.11. The molecule has 19 heavy (non-hydrogen) atoms. The van der Waals surface area contributed by atoms with Crippen LogP contribution in [0.4, 0.5) is 11.6 Å². The number of fused-ring (bicyclic) bond motifs is 1. The molecule has 0 aliphatic rings. The smallest absolute Gasteiger partial charge is 0.201 e. The van der Waals surface area contributed by atoms with Gasteiger partial charge in [-0.25, -0.2) is 4.98 Å². The molecule has 0 unspecified atom stereocenters. The zero-order valence-electron chi connectivity index (χ0n) is 10.1. The molecule has 0 saturated heterocycles. The van der Waals surface area contributed by atoms with E-state index in [0.717, 1.165) is 16.6 Å². The molecule has 2 N–H and O–H groups in total. The molecular weight excluding hydrogens is 240 g/mol. The van der Waals surface area contributed by atoms with Gasteiger partial charge in [-0.1, -0.05) is 24.3 Å². The molecule has 3 rings (SSSR count). The van der Waals surface area contributed by atoms with Gasteiger partial charge in [-0.3, -0.25) is 0 Å². The van der Waals surface area contributed by atoms with Crippen molar-refractivity contribution in [1.29, 1.82) is 0 Å². The van der Waals surface area contributed by atoms with Crippen molar-refractivity contribution in [3.8, 4) is 0 Å². The molecule has 0 aliphatic carbocycles. The van der Waals surface area contributed by atoms with Crippen LogP contribution in [-0.4, -0.2) is 9.97 Å². The quantitative estimate of drug-likeness (QED) is 0.697. The molecule has 1 aromatic heterocycles. The highest BCUT2D eigenvalue weighted by Crippen LogP contribution is 2.16. The molecule has 0 saturated carbocycles. The second-order valence-electron chi connectivity index (χ2n) is 4.22. The Balaban J connectivity index is 1.76. The van der Waals surface area contributed by atoms with Crippen LogP contribution < -0.4 is 5.32 Å². The van der Waals surface area contributed by atoms with Gasteiger partial charge in [0.25, 0.3) is 0 Å². The molecule has 0 amide bonds. The first-order valence-corrected chi connectivity index (χ1v) is 5.96. The Morgan fingerprint density at radius 2 is 2.05 bits per heavy atom. The number of imidazole rings is 1. The number of aromatic amines is 1. The zero-order chi connectivity index (χ0) is 13.1. The Morgan fingerprint density at radius 1 is 1.16 bits per heavy atom. The number of anilines is 1. The predicted molar refractivity (Wildman–Crippen MR) is 75.3 cm³/mol. The Kier molecular flexibility index (Phi) is 2.94. The molecule has 5 heteroatoms. The minimum Gasteiger partial charge on any atom is -0.352 e. The van der Waals surface area contributed by atoms with Crippen molar-refractivity contribution in [2.75, 3.05) is 5.32 Å². The van der Waals surface area contributed by atoms with Crippen LogP contribution in [0.1, 0.15) is 5.56 Å². The van der Waals surface area contributed by atoms with Crippen molar-refractivity contribution in [2.24, 2.45) is 5.18 Å². The van der Waals surface area contributed by atoms with Gasteiger partial charge in [-0.15, -0.1) is 4.91 Å². The van der Waals surface area contributed by atoms with Crippen LogP contribution in [0.5, 0.6) is 0 Å². The molecule has 2 aromatic carbocycles. The lowest BCUT2D eigenvalue weighted by Gasteiger charge is -2.02. The number of aromatic nitrogens is 2. The van der Waals surface area contributed by atoms with Gasteiger partial charge in [-0.2, -0.15) is 0 Å². The summed E-state index contributed by atoms with van der Waals surface area (Å²) in [6.45, 7) is 0.586. The van der Waals surface area contributed by atoms with Crippen LogP contribution in [0.25, 0.3) is 11.0 Å². The number of hydrogen-bond donors (Lipinski definition) is 2. The van der Waals surface area contributed by atoms with Crippen LogP contribution >= 0.6 is 0 Å². The van der Waals surface area contributed by atoms with Crippen molar-refractivity contribution >= 4 is 22.7 Å². The lowest BCUT2D eigenvalue weighted by Crippen LogP contribution is -2.00. The zero-order valence-corrected chi connectivity index (χ0v) is 10.1. The van der Waals surface area contributed by atoms with Gasteiger partial charge < -0.3 is 10.3 Å². The number of benzene rings is 2. The van der Waals surface area contributed by atoms with E-state index in [4.69, 9.17) is 0 Å². The molecule has 0 atom stereocenters. The maximum atomic E-state index is 10.5. The summed E-state index contributed by atoms with van der Waals surface area (Å²) in [5.41, 5.74) is 3.34. The normalized spacial score (nSPS) is 10.5. The van der Waals surface area contributed by atoms with Crippen LogP contribution in [0.3, 0.4) is 0 Å². The average molecular weight is 252 g/mol. The van der Waals surface area contributed by atoms with Crippen molar-refractivity contribution in [3.05, 3.63) is 59.0 Å². The molecule has 1 heterocycles. The fourth-order valence-electron chi connectivity index (χ4n) is 1.95. The van der Waals surface area contributed by atoms with Gasteiger partial charge in [0.2, 0.25) is 5.95 Å². The Morgan fingerprint density at radius 3 is 2.89 bits per heavy atom. The number of nitroso groups, excluding NO2 is 1. The fourth-order valence-corrected chi connectivity index (χ4v) is 1.95. The third-order valence-electron chi connectivity index (χ3n) is 2.87. The molecular formula is C14H12N4O. The van der Waals surface area contributed by atoms with Crippen molar-refractivity contribution in [2.45, 2.75) is 6.54 Å². The minimum absolute atomic E-state index is 0.434. The first-order chi connectivity index (χ1) is 9.35. The Labute approximate surface area is 109 Å². The Hall–Kier alpha value is -2.69. The van der Waals surface area contributed by atoms with Gasteiger partial charge in [0.1, 0.15) is 5.69 Å². The summed E-state index contributed by atoms with van der Waals surface area (Å²) in [7, 11) is 0. The maximum Gasteiger partial charge on any atom is 0.201 e. The summed E-state index contributed by atoms with van der Waals surface area (Å²) < 4.78 is 0. The molecule has 94 valence electrons. The van der Waals surface area contributed by atoms with E-state index in [0.29, 0.717) is 18.2 Å². The number of hydrogen-bond acceptors (Lipinski definition) is 4. The molecule has 0 fully saturated rings. The van der Waals surface area contributed by atoms with E-state index in [2.05, 4.69) is 20.5 Å². The van der Waals surface area contributed by atoms with Crippen LogP contribution in [0.2, 0.25) is 0 Å². The molecule has 0 spiro atoms. The van der Waals surface area contributed by atoms with E-state index in [9.17, 15) is 4.91 Å². The first-order valence-electron chi connectivity index (χ1n) is 5.96. The van der Waals surface area contributed by atoms with Gasteiger partial charge in [0.05, 0.1) is 11.0 Å². The highest BCUT2D eigenvalue weighted by Gasteiger charge is 2.01. The molecule has 0 aliphatic heterocycles. The average Bonchev–Trinajstić information content (AvgIpc) is 2.88. The monoisotopic (exact) mass is 252 g/mol. The second kappa shape index (κ2) is 4.89. The van der Waals surface area contributed by atoms with E-state index < -0.39 is 0 Å². The third kappa shape index (κ3) is 2.44. The lowest BCUT2D eigenvalue weighted by atomic mass is 10.2. The summed E-state index contributed by atoms with van der Waals surface area (Å²) >= 11 is 0. The highest BCUT2D eigenvalue weighted by molar-refractivity contribution is 5.77. The largest absolute Gasteiger partial charge is 0.352 e. The number of para-hydroxylation sites is 2.